The van der Waals surface area contributed by atoms with E-state index in [4.69, 9.17) is 4.74 Å². The number of methoxy groups -OCH3 is 1. The molecule has 2 aliphatic rings. The Morgan fingerprint density at radius 1 is 1.61 bits per heavy atom. The molecule has 1 aromatic rings. The zero-order chi connectivity index (χ0) is 12.6. The highest BCUT2D eigenvalue weighted by Gasteiger charge is 2.38. The van der Waals surface area contributed by atoms with E-state index in [2.05, 4.69) is 15.3 Å². The van der Waals surface area contributed by atoms with E-state index in [1.165, 1.54) is 17.8 Å². The first-order valence-electron chi connectivity index (χ1n) is 6.53. The van der Waals surface area contributed by atoms with Crippen molar-refractivity contribution in [3.05, 3.63) is 16.1 Å². The molecule has 3 rings (SSSR count). The minimum absolute atomic E-state index is 0.202. The lowest BCUT2D eigenvalue weighted by atomic mass is 10.1. The number of alkyl halides is 1. The first-order valence-corrected chi connectivity index (χ1v) is 7.41. The van der Waals surface area contributed by atoms with Crippen molar-refractivity contribution in [1.82, 2.24) is 9.88 Å². The SMILES string of the molecule is COCC1(F)CCN(Cc2csc(C3CC3)n2)C1. The fraction of sp³-hybridized carbons (Fsp3) is 0.769. The van der Waals surface area contributed by atoms with Crippen molar-refractivity contribution in [2.75, 3.05) is 26.8 Å². The number of aromatic nitrogens is 1. The van der Waals surface area contributed by atoms with Crippen LogP contribution in [0.5, 0.6) is 0 Å². The van der Waals surface area contributed by atoms with Crippen molar-refractivity contribution in [2.24, 2.45) is 0 Å². The molecule has 1 saturated heterocycles. The molecule has 18 heavy (non-hydrogen) atoms. The van der Waals surface area contributed by atoms with Crippen LogP contribution < -0.4 is 0 Å². The topological polar surface area (TPSA) is 25.4 Å². The molecule has 0 amide bonds. The van der Waals surface area contributed by atoms with Gasteiger partial charge in [0.25, 0.3) is 0 Å². The van der Waals surface area contributed by atoms with Crippen LogP contribution in [0.2, 0.25) is 0 Å². The number of ether oxygens (including phenoxy) is 1. The predicted octanol–water partition coefficient (Wildman–Crippen LogP) is 2.58. The molecule has 0 spiro atoms. The van der Waals surface area contributed by atoms with E-state index in [0.717, 1.165) is 24.7 Å². The molecule has 0 N–H and O–H groups in total. The Morgan fingerprint density at radius 3 is 3.17 bits per heavy atom. The summed E-state index contributed by atoms with van der Waals surface area (Å²) in [5, 5.41) is 3.40. The van der Waals surface area contributed by atoms with E-state index in [0.29, 0.717) is 13.0 Å². The van der Waals surface area contributed by atoms with Gasteiger partial charge in [-0.15, -0.1) is 11.3 Å². The largest absolute Gasteiger partial charge is 0.381 e. The zero-order valence-electron chi connectivity index (χ0n) is 10.7. The highest BCUT2D eigenvalue weighted by Crippen LogP contribution is 2.41. The van der Waals surface area contributed by atoms with Crippen LogP contribution in [0.1, 0.15) is 35.9 Å². The van der Waals surface area contributed by atoms with Gasteiger partial charge in [-0.1, -0.05) is 0 Å². The fourth-order valence-electron chi connectivity index (χ4n) is 2.57. The quantitative estimate of drug-likeness (QED) is 0.822. The van der Waals surface area contributed by atoms with Crippen LogP contribution in [0.3, 0.4) is 0 Å². The molecule has 1 aromatic heterocycles. The number of halogens is 1. The van der Waals surface area contributed by atoms with E-state index in [-0.39, 0.29) is 6.61 Å². The highest BCUT2D eigenvalue weighted by molar-refractivity contribution is 7.09. The van der Waals surface area contributed by atoms with Crippen LogP contribution in [0.25, 0.3) is 0 Å². The van der Waals surface area contributed by atoms with Crippen LogP contribution in [-0.4, -0.2) is 42.4 Å². The van der Waals surface area contributed by atoms with Gasteiger partial charge in [-0.2, -0.15) is 0 Å². The van der Waals surface area contributed by atoms with Gasteiger partial charge in [0.05, 0.1) is 17.3 Å². The van der Waals surface area contributed by atoms with Gasteiger partial charge >= 0.3 is 0 Å². The van der Waals surface area contributed by atoms with E-state index < -0.39 is 5.67 Å². The van der Waals surface area contributed by atoms with E-state index >= 15 is 0 Å². The van der Waals surface area contributed by atoms with Gasteiger partial charge in [0.1, 0.15) is 5.67 Å². The Bertz CT molecular complexity index is 421. The van der Waals surface area contributed by atoms with Crippen LogP contribution in [-0.2, 0) is 11.3 Å². The number of thiazole rings is 1. The second-order valence-corrected chi connectivity index (χ2v) is 6.39. The fourth-order valence-corrected chi connectivity index (χ4v) is 3.55. The first-order chi connectivity index (χ1) is 8.68. The van der Waals surface area contributed by atoms with Crippen LogP contribution in [0, 0.1) is 0 Å². The highest BCUT2D eigenvalue weighted by atomic mass is 32.1. The van der Waals surface area contributed by atoms with E-state index in [1.807, 2.05) is 0 Å². The third-order valence-electron chi connectivity index (χ3n) is 3.67. The molecule has 0 radical (unpaired) electrons. The minimum Gasteiger partial charge on any atom is -0.381 e. The Balaban J connectivity index is 1.56. The predicted molar refractivity (Wildman–Crippen MR) is 69.7 cm³/mol. The van der Waals surface area contributed by atoms with Crippen molar-refractivity contribution in [3.8, 4) is 0 Å². The second-order valence-electron chi connectivity index (χ2n) is 5.50. The maximum absolute atomic E-state index is 14.2. The van der Waals surface area contributed by atoms with Crippen molar-refractivity contribution in [2.45, 2.75) is 37.4 Å². The molecule has 1 aliphatic heterocycles. The van der Waals surface area contributed by atoms with Crippen molar-refractivity contribution in [1.29, 1.82) is 0 Å². The van der Waals surface area contributed by atoms with Gasteiger partial charge in [0.2, 0.25) is 0 Å². The molecule has 2 heterocycles. The molecule has 3 nitrogen and oxygen atoms in total. The lowest BCUT2D eigenvalue weighted by Gasteiger charge is -2.19. The normalized spacial score (nSPS) is 29.0. The Hall–Kier alpha value is -0.520. The summed E-state index contributed by atoms with van der Waals surface area (Å²) in [7, 11) is 1.56. The second kappa shape index (κ2) is 4.87. The molecule has 0 bridgehead atoms. The molecule has 100 valence electrons. The summed E-state index contributed by atoms with van der Waals surface area (Å²) in [6.45, 7) is 2.25. The Labute approximate surface area is 111 Å². The smallest absolute Gasteiger partial charge is 0.148 e. The van der Waals surface area contributed by atoms with E-state index in [9.17, 15) is 4.39 Å². The summed E-state index contributed by atoms with van der Waals surface area (Å²) >= 11 is 1.76. The summed E-state index contributed by atoms with van der Waals surface area (Å²) in [6, 6.07) is 0. The average Bonchev–Trinajstić information content (AvgIpc) is 2.98. The minimum atomic E-state index is -1.16. The summed E-state index contributed by atoms with van der Waals surface area (Å²) in [5.74, 6) is 0.719. The van der Waals surface area contributed by atoms with Gasteiger partial charge in [-0.05, 0) is 19.3 Å². The number of likely N-dealkylation sites (tertiary alicyclic amines) is 1. The third kappa shape index (κ3) is 2.73. The summed E-state index contributed by atoms with van der Waals surface area (Å²) in [4.78, 5) is 6.80. The van der Waals surface area contributed by atoms with Gasteiger partial charge in [-0.25, -0.2) is 9.37 Å². The van der Waals surface area contributed by atoms with Crippen molar-refractivity contribution < 1.29 is 9.13 Å². The van der Waals surface area contributed by atoms with Gasteiger partial charge in [0.15, 0.2) is 0 Å². The van der Waals surface area contributed by atoms with Crippen LogP contribution >= 0.6 is 11.3 Å². The number of rotatable bonds is 5. The lowest BCUT2D eigenvalue weighted by Crippen LogP contribution is -2.33. The Kier molecular flexibility index (Phi) is 3.38. The molecular formula is C13H19FN2OS. The zero-order valence-corrected chi connectivity index (χ0v) is 11.5. The van der Waals surface area contributed by atoms with Crippen LogP contribution in [0.15, 0.2) is 5.38 Å². The number of nitrogens with zero attached hydrogens (tertiary/aromatic N) is 2. The van der Waals surface area contributed by atoms with Gasteiger partial charge < -0.3 is 4.74 Å². The standard InChI is InChI=1S/C13H19FN2OS/c1-17-9-13(14)4-5-16(8-13)6-11-7-18-12(15-11)10-2-3-10/h7,10H,2-6,8-9H2,1H3. The summed E-state index contributed by atoms with van der Waals surface area (Å²) in [5.41, 5.74) is -0.0621. The van der Waals surface area contributed by atoms with Gasteiger partial charge in [0, 0.05) is 38.0 Å². The average molecular weight is 270 g/mol. The number of hydrogen-bond acceptors (Lipinski definition) is 4. The maximum Gasteiger partial charge on any atom is 0.148 e. The monoisotopic (exact) mass is 270 g/mol. The molecule has 1 unspecified atom stereocenters. The van der Waals surface area contributed by atoms with E-state index in [1.54, 1.807) is 18.4 Å². The first kappa shape index (κ1) is 12.5. The summed E-state index contributed by atoms with van der Waals surface area (Å²) in [6.07, 6.45) is 3.15. The molecular weight excluding hydrogens is 251 g/mol. The van der Waals surface area contributed by atoms with Crippen molar-refractivity contribution in [3.63, 3.8) is 0 Å². The van der Waals surface area contributed by atoms with Crippen LogP contribution in [0.4, 0.5) is 4.39 Å². The molecule has 1 saturated carbocycles. The van der Waals surface area contributed by atoms with Gasteiger partial charge in [-0.3, -0.25) is 4.90 Å². The third-order valence-corrected chi connectivity index (χ3v) is 4.72. The number of hydrogen-bond donors (Lipinski definition) is 0. The molecule has 0 aromatic carbocycles. The molecule has 1 atom stereocenters. The molecule has 5 heteroatoms. The summed E-state index contributed by atoms with van der Waals surface area (Å²) < 4.78 is 19.2. The Morgan fingerprint density at radius 2 is 2.44 bits per heavy atom. The van der Waals surface area contributed by atoms with Crippen molar-refractivity contribution >= 4 is 11.3 Å². The molecule has 2 fully saturated rings. The lowest BCUT2D eigenvalue weighted by molar-refractivity contribution is 0.0467. The molecule has 1 aliphatic carbocycles. The maximum atomic E-state index is 14.2.